The number of benzene rings is 2. The standard InChI is InChI=1S/C26H25N3O3/c1-17-7-10-20(11-8-17)29-23(30)16-22(26(29)32)28-14-13-27-25(28)21-12-9-19(24(21)31)15-18-5-3-2-4-6-18/h2-8,10-11,15,22,27H,9,12-14,16H2,1H3/b19-15+,25-21?. The van der Waals surface area contributed by atoms with Gasteiger partial charge in [0.25, 0.3) is 5.91 Å². The molecule has 2 aliphatic heterocycles. The summed E-state index contributed by atoms with van der Waals surface area (Å²) in [7, 11) is 0. The highest BCUT2D eigenvalue weighted by molar-refractivity contribution is 6.22. The first-order chi connectivity index (χ1) is 15.5. The average Bonchev–Trinajstić information content (AvgIpc) is 3.48. The van der Waals surface area contributed by atoms with Gasteiger partial charge in [-0.1, -0.05) is 48.0 Å². The van der Waals surface area contributed by atoms with Crippen molar-refractivity contribution in [3.05, 3.63) is 82.7 Å². The van der Waals surface area contributed by atoms with Crippen molar-refractivity contribution < 1.29 is 14.4 Å². The monoisotopic (exact) mass is 427 g/mol. The van der Waals surface area contributed by atoms with E-state index in [1.807, 2.05) is 60.4 Å². The van der Waals surface area contributed by atoms with E-state index >= 15 is 0 Å². The van der Waals surface area contributed by atoms with Crippen LogP contribution in [0.1, 0.15) is 30.4 Å². The van der Waals surface area contributed by atoms with Crippen LogP contribution in [-0.4, -0.2) is 41.6 Å². The van der Waals surface area contributed by atoms with Crippen LogP contribution < -0.4 is 10.2 Å². The van der Waals surface area contributed by atoms with Gasteiger partial charge >= 0.3 is 0 Å². The molecule has 2 aromatic rings. The molecule has 3 fully saturated rings. The van der Waals surface area contributed by atoms with Crippen LogP contribution in [0, 0.1) is 6.92 Å². The summed E-state index contributed by atoms with van der Waals surface area (Å²) in [5.41, 5.74) is 4.16. The van der Waals surface area contributed by atoms with Crippen molar-refractivity contribution in [2.24, 2.45) is 0 Å². The summed E-state index contributed by atoms with van der Waals surface area (Å²) >= 11 is 0. The van der Waals surface area contributed by atoms with Crippen LogP contribution in [0.4, 0.5) is 5.69 Å². The molecule has 0 radical (unpaired) electrons. The Kier molecular flexibility index (Phi) is 5.13. The minimum Gasteiger partial charge on any atom is -0.370 e. The molecule has 2 amide bonds. The maximum absolute atomic E-state index is 13.3. The molecule has 1 N–H and O–H groups in total. The molecule has 6 nitrogen and oxygen atoms in total. The van der Waals surface area contributed by atoms with Gasteiger partial charge in [0.1, 0.15) is 11.9 Å². The number of nitrogens with zero attached hydrogens (tertiary/aromatic N) is 2. The lowest BCUT2D eigenvalue weighted by Crippen LogP contribution is -2.41. The maximum Gasteiger partial charge on any atom is 0.257 e. The Labute approximate surface area is 187 Å². The molecule has 1 atom stereocenters. The number of amides is 2. The molecule has 1 unspecified atom stereocenters. The van der Waals surface area contributed by atoms with E-state index in [-0.39, 0.29) is 24.0 Å². The molecular formula is C26H25N3O3. The lowest BCUT2D eigenvalue weighted by molar-refractivity contribution is -0.122. The minimum atomic E-state index is -0.587. The number of imide groups is 1. The van der Waals surface area contributed by atoms with Gasteiger partial charge in [-0.05, 0) is 43.5 Å². The van der Waals surface area contributed by atoms with Crippen molar-refractivity contribution in [1.29, 1.82) is 0 Å². The van der Waals surface area contributed by atoms with Crippen molar-refractivity contribution in [2.45, 2.75) is 32.2 Å². The third-order valence-electron chi connectivity index (χ3n) is 6.36. The van der Waals surface area contributed by atoms with E-state index in [1.165, 1.54) is 4.90 Å². The summed E-state index contributed by atoms with van der Waals surface area (Å²) in [6.07, 6.45) is 3.37. The molecule has 1 saturated carbocycles. The Morgan fingerprint density at radius 2 is 1.72 bits per heavy atom. The van der Waals surface area contributed by atoms with E-state index in [0.717, 1.165) is 16.7 Å². The van der Waals surface area contributed by atoms with Crippen molar-refractivity contribution >= 4 is 29.4 Å². The number of rotatable bonds is 3. The zero-order chi connectivity index (χ0) is 22.2. The molecule has 162 valence electrons. The summed E-state index contributed by atoms with van der Waals surface area (Å²) in [4.78, 5) is 42.4. The van der Waals surface area contributed by atoms with Gasteiger partial charge in [-0.2, -0.15) is 0 Å². The van der Waals surface area contributed by atoms with Crippen molar-refractivity contribution in [3.63, 3.8) is 0 Å². The number of hydrogen-bond donors (Lipinski definition) is 1. The molecule has 5 rings (SSSR count). The maximum atomic E-state index is 13.3. The van der Waals surface area contributed by atoms with Gasteiger partial charge in [0, 0.05) is 24.2 Å². The van der Waals surface area contributed by atoms with Crippen LogP contribution in [0.2, 0.25) is 0 Å². The third kappa shape index (κ3) is 3.51. The number of anilines is 1. The molecule has 32 heavy (non-hydrogen) atoms. The fourth-order valence-electron chi connectivity index (χ4n) is 4.72. The van der Waals surface area contributed by atoms with Gasteiger partial charge in [0.2, 0.25) is 5.91 Å². The first-order valence-electron chi connectivity index (χ1n) is 11.0. The van der Waals surface area contributed by atoms with Gasteiger partial charge < -0.3 is 10.2 Å². The van der Waals surface area contributed by atoms with Crippen LogP contribution in [0.25, 0.3) is 6.08 Å². The van der Waals surface area contributed by atoms with Gasteiger partial charge in [0.05, 0.1) is 12.1 Å². The fraction of sp³-hybridized carbons (Fsp3) is 0.269. The van der Waals surface area contributed by atoms with Gasteiger partial charge in [0.15, 0.2) is 5.78 Å². The van der Waals surface area contributed by atoms with Gasteiger partial charge in [-0.15, -0.1) is 0 Å². The molecule has 1 aliphatic carbocycles. The first kappa shape index (κ1) is 20.2. The highest BCUT2D eigenvalue weighted by Crippen LogP contribution is 2.34. The van der Waals surface area contributed by atoms with Crippen LogP contribution in [0.3, 0.4) is 0 Å². The Hall–Kier alpha value is -3.67. The van der Waals surface area contributed by atoms with Crippen molar-refractivity contribution in [2.75, 3.05) is 18.0 Å². The molecule has 0 bridgehead atoms. The third-order valence-corrected chi connectivity index (χ3v) is 6.36. The molecule has 2 saturated heterocycles. The summed E-state index contributed by atoms with van der Waals surface area (Å²) in [5, 5.41) is 3.31. The van der Waals surface area contributed by atoms with Gasteiger partial charge in [-0.25, -0.2) is 4.90 Å². The number of carbonyl (C=O) groups excluding carboxylic acids is 3. The first-order valence-corrected chi connectivity index (χ1v) is 11.0. The highest BCUT2D eigenvalue weighted by atomic mass is 16.2. The summed E-state index contributed by atoms with van der Waals surface area (Å²) < 4.78 is 0. The zero-order valence-corrected chi connectivity index (χ0v) is 18.0. The predicted molar refractivity (Wildman–Crippen MR) is 122 cm³/mol. The van der Waals surface area contributed by atoms with E-state index < -0.39 is 6.04 Å². The number of ketones is 1. The SMILES string of the molecule is Cc1ccc(N2C(=O)CC(N3CCNC3=C3CC/C(=C\c4ccccc4)C3=O)C2=O)cc1. The second-order valence-corrected chi connectivity index (χ2v) is 8.48. The average molecular weight is 428 g/mol. The summed E-state index contributed by atoms with van der Waals surface area (Å²) in [6.45, 7) is 3.20. The Morgan fingerprint density at radius 3 is 2.47 bits per heavy atom. The quantitative estimate of drug-likeness (QED) is 0.602. The fourth-order valence-corrected chi connectivity index (χ4v) is 4.72. The Bertz CT molecular complexity index is 1150. The van der Waals surface area contributed by atoms with E-state index in [9.17, 15) is 14.4 Å². The number of aryl methyl sites for hydroxylation is 1. The second-order valence-electron chi connectivity index (χ2n) is 8.48. The van der Waals surface area contributed by atoms with E-state index in [0.29, 0.717) is 43.0 Å². The Balaban J connectivity index is 1.41. The second kappa shape index (κ2) is 8.11. The summed E-state index contributed by atoms with van der Waals surface area (Å²) in [6, 6.07) is 16.6. The molecule has 0 aromatic heterocycles. The topological polar surface area (TPSA) is 69.7 Å². The van der Waals surface area contributed by atoms with Crippen LogP contribution >= 0.6 is 0 Å². The zero-order valence-electron chi connectivity index (χ0n) is 18.0. The number of carbonyl (C=O) groups is 3. The lowest BCUT2D eigenvalue weighted by atomic mass is 10.1. The lowest BCUT2D eigenvalue weighted by Gasteiger charge is -2.26. The highest BCUT2D eigenvalue weighted by Gasteiger charge is 2.45. The molecule has 0 spiro atoms. The smallest absolute Gasteiger partial charge is 0.257 e. The number of hydrogen-bond acceptors (Lipinski definition) is 5. The van der Waals surface area contributed by atoms with Crippen LogP contribution in [0.5, 0.6) is 0 Å². The van der Waals surface area contributed by atoms with E-state index in [2.05, 4.69) is 5.32 Å². The molecule has 6 heteroatoms. The minimum absolute atomic E-state index is 0.0235. The summed E-state index contributed by atoms with van der Waals surface area (Å²) in [5.74, 6) is 0.299. The van der Waals surface area contributed by atoms with Crippen molar-refractivity contribution in [3.8, 4) is 0 Å². The molecule has 3 aliphatic rings. The number of allylic oxidation sites excluding steroid dienone is 2. The normalized spacial score (nSPS) is 24.7. The number of Topliss-reactive ketones (excluding diaryl/α,β-unsaturated/α-hetero) is 1. The van der Waals surface area contributed by atoms with E-state index in [1.54, 1.807) is 12.1 Å². The van der Waals surface area contributed by atoms with Crippen LogP contribution in [0.15, 0.2) is 71.6 Å². The molecule has 2 aromatic carbocycles. The van der Waals surface area contributed by atoms with Crippen molar-refractivity contribution in [1.82, 2.24) is 10.2 Å². The van der Waals surface area contributed by atoms with Crippen LogP contribution in [-0.2, 0) is 14.4 Å². The largest absolute Gasteiger partial charge is 0.370 e. The van der Waals surface area contributed by atoms with Gasteiger partial charge in [-0.3, -0.25) is 14.4 Å². The molecular weight excluding hydrogens is 402 g/mol. The van der Waals surface area contributed by atoms with E-state index in [4.69, 9.17) is 0 Å². The predicted octanol–water partition coefficient (Wildman–Crippen LogP) is 3.19. The Morgan fingerprint density at radius 1 is 0.969 bits per heavy atom. The number of nitrogens with one attached hydrogen (secondary N) is 1. The molecule has 2 heterocycles.